The van der Waals surface area contributed by atoms with Crippen LogP contribution >= 0.6 is 0 Å². The van der Waals surface area contributed by atoms with Crippen molar-refractivity contribution in [3.8, 4) is 33.8 Å². The van der Waals surface area contributed by atoms with Crippen LogP contribution in [0.4, 0.5) is 0 Å². The Hall–Kier alpha value is -3.52. The molecule has 0 aromatic heterocycles. The topological polar surface area (TPSA) is 40.5 Å². The number of aromatic hydroxyl groups is 2. The van der Waals surface area contributed by atoms with Gasteiger partial charge in [-0.05, 0) is 52.4 Å². The van der Waals surface area contributed by atoms with Crippen molar-refractivity contribution in [2.75, 3.05) is 0 Å². The van der Waals surface area contributed by atoms with Crippen LogP contribution in [-0.2, 0) is 5.41 Å². The molecule has 0 atom stereocenters. The molecule has 0 heterocycles. The fourth-order valence-electron chi connectivity index (χ4n) is 4.25. The van der Waals surface area contributed by atoms with Gasteiger partial charge in [-0.3, -0.25) is 0 Å². The first-order valence-electron chi connectivity index (χ1n) is 10.7. The van der Waals surface area contributed by atoms with E-state index in [1.165, 1.54) is 0 Å². The van der Waals surface area contributed by atoms with Gasteiger partial charge in [-0.25, -0.2) is 0 Å². The number of hydrogen-bond donors (Lipinski definition) is 2. The van der Waals surface area contributed by atoms with Gasteiger partial charge in [-0.2, -0.15) is 0 Å². The van der Waals surface area contributed by atoms with Gasteiger partial charge in [0.1, 0.15) is 11.5 Å². The Morgan fingerprint density at radius 2 is 0.968 bits per heavy atom. The van der Waals surface area contributed by atoms with Gasteiger partial charge in [-0.1, -0.05) is 93.6 Å². The Kier molecular flexibility index (Phi) is 5.56. The lowest BCUT2D eigenvalue weighted by molar-refractivity contribution is 0.403. The molecule has 2 heteroatoms. The first-order chi connectivity index (χ1) is 14.9. The maximum atomic E-state index is 10.6. The molecule has 0 unspecified atom stereocenters. The lowest BCUT2D eigenvalue weighted by atomic mass is 9.67. The molecule has 0 saturated heterocycles. The number of benzene rings is 4. The van der Waals surface area contributed by atoms with E-state index in [0.29, 0.717) is 0 Å². The molecule has 0 spiro atoms. The molecule has 4 aromatic carbocycles. The van der Waals surface area contributed by atoms with Gasteiger partial charge in [0.2, 0.25) is 0 Å². The van der Waals surface area contributed by atoms with Crippen molar-refractivity contribution in [3.63, 3.8) is 0 Å². The minimum atomic E-state index is -0.311. The van der Waals surface area contributed by atoms with Crippen LogP contribution < -0.4 is 0 Å². The lowest BCUT2D eigenvalue weighted by Gasteiger charge is -2.36. The minimum Gasteiger partial charge on any atom is -0.507 e. The molecular weight excluding hydrogens is 380 g/mol. The molecule has 31 heavy (non-hydrogen) atoms. The SMILES string of the molecule is CC(C)C(C)(c1ccc(O)c(-c2ccccc2)c1)c1ccc(O)c(-c2ccccc2)c1. The summed E-state index contributed by atoms with van der Waals surface area (Å²) in [6.45, 7) is 6.66. The van der Waals surface area contributed by atoms with Crippen molar-refractivity contribution in [1.29, 1.82) is 0 Å². The number of phenols is 2. The summed E-state index contributed by atoms with van der Waals surface area (Å²) in [5.41, 5.74) is 5.58. The number of phenolic OH excluding ortho intramolecular Hbond substituents is 2. The van der Waals surface area contributed by atoms with E-state index >= 15 is 0 Å². The lowest BCUT2D eigenvalue weighted by Crippen LogP contribution is -2.30. The van der Waals surface area contributed by atoms with Crippen LogP contribution in [0.25, 0.3) is 22.3 Å². The van der Waals surface area contributed by atoms with Crippen molar-refractivity contribution in [2.45, 2.75) is 26.2 Å². The van der Waals surface area contributed by atoms with E-state index in [0.717, 1.165) is 33.4 Å². The Balaban J connectivity index is 1.88. The zero-order chi connectivity index (χ0) is 22.0. The predicted molar refractivity (Wildman–Crippen MR) is 128 cm³/mol. The van der Waals surface area contributed by atoms with Crippen LogP contribution in [0.3, 0.4) is 0 Å². The van der Waals surface area contributed by atoms with Crippen LogP contribution in [0.2, 0.25) is 0 Å². The third-order valence-electron chi connectivity index (χ3n) is 6.52. The maximum absolute atomic E-state index is 10.6. The van der Waals surface area contributed by atoms with Crippen LogP contribution in [0.15, 0.2) is 97.1 Å². The van der Waals surface area contributed by atoms with Crippen LogP contribution in [0.5, 0.6) is 11.5 Å². The van der Waals surface area contributed by atoms with Crippen molar-refractivity contribution in [1.82, 2.24) is 0 Å². The van der Waals surface area contributed by atoms with Crippen molar-refractivity contribution in [3.05, 3.63) is 108 Å². The zero-order valence-corrected chi connectivity index (χ0v) is 18.2. The summed E-state index contributed by atoms with van der Waals surface area (Å²) in [7, 11) is 0. The van der Waals surface area contributed by atoms with Gasteiger partial charge in [0, 0.05) is 16.5 Å². The average molecular weight is 409 g/mol. The molecule has 0 amide bonds. The van der Waals surface area contributed by atoms with Gasteiger partial charge in [0.15, 0.2) is 0 Å². The van der Waals surface area contributed by atoms with Crippen LogP contribution in [0, 0.1) is 5.92 Å². The van der Waals surface area contributed by atoms with Gasteiger partial charge in [-0.15, -0.1) is 0 Å². The van der Waals surface area contributed by atoms with Crippen molar-refractivity contribution < 1.29 is 10.2 Å². The Bertz CT molecular complexity index is 1090. The van der Waals surface area contributed by atoms with E-state index in [-0.39, 0.29) is 22.8 Å². The van der Waals surface area contributed by atoms with Crippen molar-refractivity contribution in [2.24, 2.45) is 5.92 Å². The summed E-state index contributed by atoms with van der Waals surface area (Å²) < 4.78 is 0. The fourth-order valence-corrected chi connectivity index (χ4v) is 4.25. The molecule has 4 aromatic rings. The molecule has 156 valence electrons. The highest BCUT2D eigenvalue weighted by Crippen LogP contribution is 2.44. The third-order valence-corrected chi connectivity index (χ3v) is 6.52. The summed E-state index contributed by atoms with van der Waals surface area (Å²) in [4.78, 5) is 0. The molecule has 2 N–H and O–H groups in total. The molecule has 0 bridgehead atoms. The summed E-state index contributed by atoms with van der Waals surface area (Å²) >= 11 is 0. The van der Waals surface area contributed by atoms with E-state index in [1.807, 2.05) is 72.8 Å². The van der Waals surface area contributed by atoms with E-state index in [4.69, 9.17) is 0 Å². The first kappa shape index (κ1) is 20.7. The molecule has 4 rings (SSSR count). The Morgan fingerprint density at radius 1 is 0.581 bits per heavy atom. The van der Waals surface area contributed by atoms with E-state index in [1.54, 1.807) is 12.1 Å². The monoisotopic (exact) mass is 408 g/mol. The Morgan fingerprint density at radius 3 is 1.32 bits per heavy atom. The smallest absolute Gasteiger partial charge is 0.123 e. The van der Waals surface area contributed by atoms with E-state index in [2.05, 4.69) is 32.9 Å². The summed E-state index contributed by atoms with van der Waals surface area (Å²) in [6, 6.07) is 31.7. The molecule has 0 saturated carbocycles. The predicted octanol–water partition coefficient (Wildman–Crippen LogP) is 7.39. The minimum absolute atomic E-state index is 0.275. The normalized spacial score (nSPS) is 11.6. The molecule has 0 radical (unpaired) electrons. The van der Waals surface area contributed by atoms with Gasteiger partial charge >= 0.3 is 0 Å². The zero-order valence-electron chi connectivity index (χ0n) is 18.2. The van der Waals surface area contributed by atoms with Gasteiger partial charge < -0.3 is 10.2 Å². The largest absolute Gasteiger partial charge is 0.507 e. The maximum Gasteiger partial charge on any atom is 0.123 e. The highest BCUT2D eigenvalue weighted by Gasteiger charge is 2.34. The molecule has 0 aliphatic heterocycles. The average Bonchev–Trinajstić information content (AvgIpc) is 2.80. The van der Waals surface area contributed by atoms with Gasteiger partial charge in [0.05, 0.1) is 0 Å². The fraction of sp³-hybridized carbons (Fsp3) is 0.172. The Labute approximate surface area is 184 Å². The second-order valence-corrected chi connectivity index (χ2v) is 8.55. The first-order valence-corrected chi connectivity index (χ1v) is 10.7. The summed E-state index contributed by atoms with van der Waals surface area (Å²) in [5, 5.41) is 21.1. The van der Waals surface area contributed by atoms with Gasteiger partial charge in [0.25, 0.3) is 0 Å². The highest BCUT2D eigenvalue weighted by atomic mass is 16.3. The number of rotatable bonds is 5. The number of hydrogen-bond acceptors (Lipinski definition) is 2. The highest BCUT2D eigenvalue weighted by molar-refractivity contribution is 5.73. The second-order valence-electron chi connectivity index (χ2n) is 8.55. The quantitative estimate of drug-likeness (QED) is 0.361. The molecule has 2 nitrogen and oxygen atoms in total. The molecule has 0 aliphatic rings. The standard InChI is InChI=1S/C29H28O2/c1-20(2)29(3,23-14-16-27(30)25(18-23)21-10-6-4-7-11-21)24-15-17-28(31)26(19-24)22-12-8-5-9-13-22/h4-20,30-31H,1-3H3. The second kappa shape index (κ2) is 8.31. The van der Waals surface area contributed by atoms with Crippen molar-refractivity contribution >= 4 is 0 Å². The molecule has 0 aliphatic carbocycles. The summed E-state index contributed by atoms with van der Waals surface area (Å²) in [6.07, 6.45) is 0. The molecular formula is C29H28O2. The molecule has 0 fully saturated rings. The van der Waals surface area contributed by atoms with Crippen LogP contribution in [0.1, 0.15) is 31.9 Å². The van der Waals surface area contributed by atoms with E-state index < -0.39 is 0 Å². The van der Waals surface area contributed by atoms with E-state index in [9.17, 15) is 10.2 Å². The van der Waals surface area contributed by atoms with Crippen LogP contribution in [-0.4, -0.2) is 10.2 Å². The third kappa shape index (κ3) is 3.82. The summed E-state index contributed by atoms with van der Waals surface area (Å²) in [5.74, 6) is 0.835.